The van der Waals surface area contributed by atoms with Crippen LogP contribution in [0.3, 0.4) is 0 Å². The molecule has 0 unspecified atom stereocenters. The van der Waals surface area contributed by atoms with E-state index in [9.17, 15) is 14.0 Å². The van der Waals surface area contributed by atoms with Crippen molar-refractivity contribution in [2.24, 2.45) is 0 Å². The number of nitrogens with one attached hydrogen (secondary N) is 2. The maximum Gasteiger partial charge on any atom is 0.234 e. The number of amides is 2. The van der Waals surface area contributed by atoms with Gasteiger partial charge in [-0.15, -0.1) is 11.8 Å². The molecule has 0 fully saturated rings. The molecule has 0 aliphatic heterocycles. The highest BCUT2D eigenvalue weighted by Gasteiger charge is 2.08. The van der Waals surface area contributed by atoms with E-state index < -0.39 is 5.82 Å². The van der Waals surface area contributed by atoms with Crippen LogP contribution in [0.15, 0.2) is 51.8 Å². The largest absolute Gasteiger partial charge is 0.325 e. The molecule has 0 aliphatic carbocycles. The highest BCUT2D eigenvalue weighted by atomic mass is 79.9. The first-order chi connectivity index (χ1) is 10.9. The Kier molecular flexibility index (Phi) is 6.18. The highest BCUT2D eigenvalue weighted by Crippen LogP contribution is 2.22. The number of anilines is 2. The van der Waals surface area contributed by atoms with Crippen molar-refractivity contribution >= 4 is 50.9 Å². The number of hydrogen-bond donors (Lipinski definition) is 2. The Morgan fingerprint density at radius 3 is 2.48 bits per heavy atom. The van der Waals surface area contributed by atoms with E-state index in [1.54, 1.807) is 0 Å². The maximum atomic E-state index is 13.5. The summed E-state index contributed by atoms with van der Waals surface area (Å²) in [6, 6.07) is 11.7. The van der Waals surface area contributed by atoms with Crippen LogP contribution in [-0.4, -0.2) is 17.6 Å². The van der Waals surface area contributed by atoms with Gasteiger partial charge in [-0.3, -0.25) is 9.59 Å². The molecule has 2 amide bonds. The number of rotatable bonds is 5. The van der Waals surface area contributed by atoms with Gasteiger partial charge in [0.05, 0.1) is 11.4 Å². The minimum atomic E-state index is -0.553. The summed E-state index contributed by atoms with van der Waals surface area (Å²) in [5.41, 5.74) is 0.465. The van der Waals surface area contributed by atoms with Crippen LogP contribution in [0.4, 0.5) is 15.8 Å². The molecular formula is C16H14BrFN2O2S. The molecule has 2 aromatic rings. The third kappa shape index (κ3) is 5.69. The summed E-state index contributed by atoms with van der Waals surface area (Å²) in [5, 5.41) is 5.05. The molecule has 0 aliphatic rings. The molecule has 0 saturated heterocycles. The number of halogens is 2. The molecule has 2 rings (SSSR count). The van der Waals surface area contributed by atoms with Crippen molar-refractivity contribution in [3.63, 3.8) is 0 Å². The van der Waals surface area contributed by atoms with Gasteiger partial charge >= 0.3 is 0 Å². The Hall–Kier alpha value is -1.86. The van der Waals surface area contributed by atoms with Crippen LogP contribution in [0.1, 0.15) is 6.92 Å². The zero-order valence-corrected chi connectivity index (χ0v) is 14.6. The minimum Gasteiger partial charge on any atom is -0.325 e. The van der Waals surface area contributed by atoms with Gasteiger partial charge in [0.1, 0.15) is 5.82 Å². The lowest BCUT2D eigenvalue weighted by molar-refractivity contribution is -0.114. The first kappa shape index (κ1) is 17.5. The standard InChI is InChI=1S/C16H14BrFN2O2S/c1-10(21)19-15-8-12(4-7-14(15)18)20-16(22)9-23-13-5-2-11(17)3-6-13/h2-8H,9H2,1H3,(H,19,21)(H,20,22). The second-order valence-electron chi connectivity index (χ2n) is 4.67. The second-order valence-corrected chi connectivity index (χ2v) is 6.63. The Labute approximate surface area is 146 Å². The van der Waals surface area contributed by atoms with Crippen molar-refractivity contribution in [3.8, 4) is 0 Å². The fraction of sp³-hybridized carbons (Fsp3) is 0.125. The van der Waals surface area contributed by atoms with E-state index in [1.807, 2.05) is 24.3 Å². The van der Waals surface area contributed by atoms with E-state index >= 15 is 0 Å². The van der Waals surface area contributed by atoms with Crippen LogP contribution in [-0.2, 0) is 9.59 Å². The van der Waals surface area contributed by atoms with E-state index in [2.05, 4.69) is 26.6 Å². The monoisotopic (exact) mass is 396 g/mol. The summed E-state index contributed by atoms with van der Waals surface area (Å²) < 4.78 is 14.5. The first-order valence-electron chi connectivity index (χ1n) is 6.69. The quantitative estimate of drug-likeness (QED) is 0.741. The lowest BCUT2D eigenvalue weighted by atomic mass is 10.2. The summed E-state index contributed by atoms with van der Waals surface area (Å²) in [6.07, 6.45) is 0. The predicted octanol–water partition coefficient (Wildman–Crippen LogP) is 4.28. The third-order valence-electron chi connectivity index (χ3n) is 2.74. The summed E-state index contributed by atoms with van der Waals surface area (Å²) in [7, 11) is 0. The van der Waals surface area contributed by atoms with Crippen LogP contribution in [0.2, 0.25) is 0 Å². The molecule has 23 heavy (non-hydrogen) atoms. The van der Waals surface area contributed by atoms with Crippen LogP contribution in [0.5, 0.6) is 0 Å². The molecule has 7 heteroatoms. The Morgan fingerprint density at radius 1 is 1.13 bits per heavy atom. The smallest absolute Gasteiger partial charge is 0.234 e. The molecular weight excluding hydrogens is 383 g/mol. The Balaban J connectivity index is 1.94. The SMILES string of the molecule is CC(=O)Nc1cc(NC(=O)CSc2ccc(Br)cc2)ccc1F. The van der Waals surface area contributed by atoms with Gasteiger partial charge in [-0.05, 0) is 42.5 Å². The highest BCUT2D eigenvalue weighted by molar-refractivity contribution is 9.10. The molecule has 120 valence electrons. The molecule has 0 radical (unpaired) electrons. The van der Waals surface area contributed by atoms with Gasteiger partial charge < -0.3 is 10.6 Å². The molecule has 0 aromatic heterocycles. The summed E-state index contributed by atoms with van der Waals surface area (Å²) in [5.74, 6) is -0.909. The molecule has 0 spiro atoms. The molecule has 4 nitrogen and oxygen atoms in total. The average molecular weight is 397 g/mol. The number of carbonyl (C=O) groups excluding carboxylic acids is 2. The van der Waals surface area contributed by atoms with E-state index in [0.717, 1.165) is 9.37 Å². The van der Waals surface area contributed by atoms with Crippen molar-refractivity contribution in [2.45, 2.75) is 11.8 Å². The lowest BCUT2D eigenvalue weighted by Gasteiger charge is -2.09. The van der Waals surface area contributed by atoms with E-state index in [4.69, 9.17) is 0 Å². The van der Waals surface area contributed by atoms with Gasteiger partial charge in [-0.1, -0.05) is 15.9 Å². The number of benzene rings is 2. The number of thioether (sulfide) groups is 1. The summed E-state index contributed by atoms with van der Waals surface area (Å²) in [4.78, 5) is 23.9. The van der Waals surface area contributed by atoms with Gasteiger partial charge in [0.2, 0.25) is 11.8 Å². The molecule has 0 saturated carbocycles. The Bertz CT molecular complexity index is 723. The topological polar surface area (TPSA) is 58.2 Å². The third-order valence-corrected chi connectivity index (χ3v) is 4.29. The van der Waals surface area contributed by atoms with Crippen molar-refractivity contribution in [3.05, 3.63) is 52.8 Å². The summed E-state index contributed by atoms with van der Waals surface area (Å²) >= 11 is 4.75. The normalized spacial score (nSPS) is 10.2. The van der Waals surface area contributed by atoms with Crippen molar-refractivity contribution < 1.29 is 14.0 Å². The predicted molar refractivity (Wildman–Crippen MR) is 94.2 cm³/mol. The average Bonchev–Trinajstić information content (AvgIpc) is 2.49. The van der Waals surface area contributed by atoms with Crippen molar-refractivity contribution in [1.82, 2.24) is 0 Å². The van der Waals surface area contributed by atoms with Gasteiger partial charge in [0, 0.05) is 22.0 Å². The van der Waals surface area contributed by atoms with E-state index in [1.165, 1.54) is 36.9 Å². The number of carbonyl (C=O) groups is 2. The molecule has 0 heterocycles. The zero-order valence-electron chi connectivity index (χ0n) is 12.2. The van der Waals surface area contributed by atoms with Gasteiger partial charge in [-0.25, -0.2) is 4.39 Å². The van der Waals surface area contributed by atoms with Crippen LogP contribution in [0.25, 0.3) is 0 Å². The lowest BCUT2D eigenvalue weighted by Crippen LogP contribution is -2.15. The van der Waals surface area contributed by atoms with Crippen LogP contribution in [0, 0.1) is 5.82 Å². The fourth-order valence-corrected chi connectivity index (χ4v) is 2.73. The van der Waals surface area contributed by atoms with Gasteiger partial charge in [0.15, 0.2) is 0 Å². The summed E-state index contributed by atoms with van der Waals surface area (Å²) in [6.45, 7) is 1.29. The molecule has 2 aromatic carbocycles. The maximum absolute atomic E-state index is 13.5. The molecule has 2 N–H and O–H groups in total. The van der Waals surface area contributed by atoms with Crippen molar-refractivity contribution in [2.75, 3.05) is 16.4 Å². The Morgan fingerprint density at radius 2 is 1.83 bits per heavy atom. The van der Waals surface area contributed by atoms with Gasteiger partial charge in [0.25, 0.3) is 0 Å². The molecule has 0 atom stereocenters. The zero-order chi connectivity index (χ0) is 16.8. The molecule has 0 bridgehead atoms. The van der Waals surface area contributed by atoms with Crippen LogP contribution < -0.4 is 10.6 Å². The fourth-order valence-electron chi connectivity index (χ4n) is 1.77. The van der Waals surface area contributed by atoms with Gasteiger partial charge in [-0.2, -0.15) is 0 Å². The van der Waals surface area contributed by atoms with E-state index in [-0.39, 0.29) is 23.3 Å². The van der Waals surface area contributed by atoms with E-state index in [0.29, 0.717) is 5.69 Å². The van der Waals surface area contributed by atoms with Crippen molar-refractivity contribution in [1.29, 1.82) is 0 Å². The minimum absolute atomic E-state index is 0.0378. The van der Waals surface area contributed by atoms with Crippen LogP contribution >= 0.6 is 27.7 Å². The number of hydrogen-bond acceptors (Lipinski definition) is 3. The first-order valence-corrected chi connectivity index (χ1v) is 8.47. The second kappa shape index (κ2) is 8.12.